The molecule has 0 aliphatic heterocycles. The van der Waals surface area contributed by atoms with Gasteiger partial charge in [0.15, 0.2) is 0 Å². The van der Waals surface area contributed by atoms with Crippen molar-refractivity contribution in [3.63, 3.8) is 0 Å². The molecule has 1 aliphatic carbocycles. The number of aromatic nitrogens is 1. The summed E-state index contributed by atoms with van der Waals surface area (Å²) in [4.78, 5) is 0. The molecule has 0 unspecified atom stereocenters. The van der Waals surface area contributed by atoms with Gasteiger partial charge >= 0.3 is 0 Å². The van der Waals surface area contributed by atoms with E-state index in [1.54, 1.807) is 0 Å². The van der Waals surface area contributed by atoms with Crippen LogP contribution >= 0.6 is 15.9 Å². The third-order valence-electron chi connectivity index (χ3n) is 3.93. The van der Waals surface area contributed by atoms with Gasteiger partial charge in [-0.2, -0.15) is 0 Å². The summed E-state index contributed by atoms with van der Waals surface area (Å²) in [7, 11) is 0. The predicted molar refractivity (Wildman–Crippen MR) is 88.3 cm³/mol. The van der Waals surface area contributed by atoms with E-state index in [1.165, 1.54) is 27.8 Å². The van der Waals surface area contributed by atoms with Gasteiger partial charge in [-0.3, -0.25) is 0 Å². The van der Waals surface area contributed by atoms with Gasteiger partial charge in [0.25, 0.3) is 0 Å². The third kappa shape index (κ3) is 1.75. The number of nitrogens with zero attached hydrogens (tertiary/aromatic N) is 1. The van der Waals surface area contributed by atoms with Gasteiger partial charge in [-0.25, -0.2) is 0 Å². The van der Waals surface area contributed by atoms with Crippen molar-refractivity contribution in [2.24, 2.45) is 0 Å². The Kier molecular flexibility index (Phi) is 2.78. The summed E-state index contributed by atoms with van der Waals surface area (Å²) in [6, 6.07) is 17.2. The highest BCUT2D eigenvalue weighted by molar-refractivity contribution is 9.10. The molecule has 0 atom stereocenters. The Morgan fingerprint density at radius 2 is 1.85 bits per heavy atom. The third-order valence-corrected chi connectivity index (χ3v) is 4.42. The smallest absolute Gasteiger partial charge is 0.0538 e. The fourth-order valence-electron chi connectivity index (χ4n) is 3.06. The zero-order valence-electron chi connectivity index (χ0n) is 11.0. The minimum atomic E-state index is 1.12. The van der Waals surface area contributed by atoms with Gasteiger partial charge in [-0.15, -0.1) is 0 Å². The summed E-state index contributed by atoms with van der Waals surface area (Å²) in [5.74, 6) is 0. The number of fused-ring (bicyclic) bond motifs is 3. The summed E-state index contributed by atoms with van der Waals surface area (Å²) in [5.41, 5.74) is 5.31. The molecule has 1 heterocycles. The van der Waals surface area contributed by atoms with E-state index in [0.717, 1.165) is 17.3 Å². The molecule has 2 aromatic carbocycles. The number of hydrogen-bond donors (Lipinski definition) is 0. The van der Waals surface area contributed by atoms with Crippen molar-refractivity contribution < 1.29 is 0 Å². The molecule has 0 fully saturated rings. The van der Waals surface area contributed by atoms with Crippen LogP contribution in [0.15, 0.2) is 59.1 Å². The topological polar surface area (TPSA) is 4.93 Å². The molecule has 0 bridgehead atoms. The van der Waals surface area contributed by atoms with Crippen molar-refractivity contribution in [2.75, 3.05) is 0 Å². The van der Waals surface area contributed by atoms with Gasteiger partial charge in [0.05, 0.1) is 5.52 Å². The maximum absolute atomic E-state index is 3.60. The molecular weight excluding hydrogens is 310 g/mol. The second-order valence-electron chi connectivity index (χ2n) is 5.14. The summed E-state index contributed by atoms with van der Waals surface area (Å²) in [6.45, 7) is 0. The lowest BCUT2D eigenvalue weighted by Crippen LogP contribution is -1.99. The van der Waals surface area contributed by atoms with Crippen molar-refractivity contribution in [1.82, 2.24) is 4.57 Å². The Balaban J connectivity index is 2.13. The van der Waals surface area contributed by atoms with Crippen LogP contribution in [0.3, 0.4) is 0 Å². The minimum Gasteiger partial charge on any atom is -0.310 e. The van der Waals surface area contributed by atoms with E-state index in [-0.39, 0.29) is 0 Å². The molecule has 2 heteroatoms. The summed E-state index contributed by atoms with van der Waals surface area (Å²) >= 11 is 3.60. The molecule has 1 aromatic heterocycles. The number of para-hydroxylation sites is 1. The molecule has 4 rings (SSSR count). The zero-order chi connectivity index (χ0) is 13.5. The molecule has 0 amide bonds. The van der Waals surface area contributed by atoms with Gasteiger partial charge in [0.1, 0.15) is 0 Å². The highest BCUT2D eigenvalue weighted by atomic mass is 79.9. The maximum Gasteiger partial charge on any atom is 0.0538 e. The largest absolute Gasteiger partial charge is 0.310 e. The van der Waals surface area contributed by atoms with E-state index in [2.05, 4.69) is 81.2 Å². The van der Waals surface area contributed by atoms with Crippen molar-refractivity contribution >= 4 is 32.9 Å². The van der Waals surface area contributed by atoms with Crippen LogP contribution in [0.5, 0.6) is 0 Å². The average molecular weight is 324 g/mol. The first-order valence-electron chi connectivity index (χ1n) is 6.89. The van der Waals surface area contributed by atoms with Gasteiger partial charge in [-0.05, 0) is 54.8 Å². The lowest BCUT2D eigenvalue weighted by molar-refractivity contribution is 0.967. The molecule has 1 aliphatic rings. The minimum absolute atomic E-state index is 1.12. The Morgan fingerprint density at radius 1 is 1.00 bits per heavy atom. The molecule has 0 saturated carbocycles. The second-order valence-corrected chi connectivity index (χ2v) is 6.05. The Morgan fingerprint density at radius 3 is 2.70 bits per heavy atom. The summed E-state index contributed by atoms with van der Waals surface area (Å²) < 4.78 is 3.51. The highest BCUT2D eigenvalue weighted by Gasteiger charge is 2.18. The quantitative estimate of drug-likeness (QED) is 0.568. The van der Waals surface area contributed by atoms with E-state index in [0.29, 0.717) is 0 Å². The first-order chi connectivity index (χ1) is 9.84. The lowest BCUT2D eigenvalue weighted by atomic mass is 10.0. The number of benzene rings is 2. The first-order valence-corrected chi connectivity index (χ1v) is 7.69. The lowest BCUT2D eigenvalue weighted by Gasteiger charge is -2.11. The van der Waals surface area contributed by atoms with Crippen LogP contribution in [0.25, 0.3) is 22.7 Å². The van der Waals surface area contributed by atoms with E-state index >= 15 is 0 Å². The predicted octanol–water partition coefficient (Wildman–Crippen LogP) is 5.35. The Bertz CT molecular complexity index is 812. The van der Waals surface area contributed by atoms with Crippen molar-refractivity contribution in [2.45, 2.75) is 12.8 Å². The van der Waals surface area contributed by atoms with Crippen LogP contribution in [0.4, 0.5) is 0 Å². The fourth-order valence-corrected chi connectivity index (χ4v) is 3.42. The van der Waals surface area contributed by atoms with E-state index in [9.17, 15) is 0 Å². The molecular formula is C18H14BrN. The average Bonchev–Trinajstić information content (AvgIpc) is 2.82. The standard InChI is InChI=1S/C18H14BrN/c19-13-10-11-18-16(12-13)15-8-4-5-9-17(15)20(18)14-6-2-1-3-7-14/h1-3,5-7,9-12H,4,8H2. The van der Waals surface area contributed by atoms with Crippen molar-refractivity contribution in [3.8, 4) is 5.69 Å². The Labute approximate surface area is 126 Å². The highest BCUT2D eigenvalue weighted by Crippen LogP contribution is 2.35. The van der Waals surface area contributed by atoms with E-state index in [4.69, 9.17) is 0 Å². The number of aryl methyl sites for hydroxylation is 1. The number of allylic oxidation sites excluding steroid dienone is 1. The van der Waals surface area contributed by atoms with Crippen LogP contribution in [0.1, 0.15) is 17.7 Å². The number of hydrogen-bond acceptors (Lipinski definition) is 0. The number of rotatable bonds is 1. The van der Waals surface area contributed by atoms with Crippen LogP contribution in [0, 0.1) is 0 Å². The summed E-state index contributed by atoms with van der Waals surface area (Å²) in [6.07, 6.45) is 6.79. The van der Waals surface area contributed by atoms with Gasteiger partial charge < -0.3 is 4.57 Å². The monoisotopic (exact) mass is 323 g/mol. The SMILES string of the molecule is Brc1ccc2c(c1)c1c(n2-c2ccccc2)C=CCC1. The fraction of sp³-hybridized carbons (Fsp3) is 0.111. The summed E-state index contributed by atoms with van der Waals surface area (Å²) in [5, 5.41) is 1.36. The number of halogens is 1. The van der Waals surface area contributed by atoms with Gasteiger partial charge in [0, 0.05) is 21.2 Å². The van der Waals surface area contributed by atoms with E-state index in [1.807, 2.05) is 0 Å². The van der Waals surface area contributed by atoms with Crippen LogP contribution < -0.4 is 0 Å². The van der Waals surface area contributed by atoms with Crippen molar-refractivity contribution in [3.05, 3.63) is 70.3 Å². The molecule has 0 radical (unpaired) electrons. The molecule has 3 aromatic rings. The van der Waals surface area contributed by atoms with Crippen LogP contribution in [-0.4, -0.2) is 4.57 Å². The zero-order valence-corrected chi connectivity index (χ0v) is 12.6. The molecule has 98 valence electrons. The van der Waals surface area contributed by atoms with Gasteiger partial charge in [0.2, 0.25) is 0 Å². The normalized spacial score (nSPS) is 13.7. The maximum atomic E-state index is 3.60. The Hall–Kier alpha value is -1.80. The van der Waals surface area contributed by atoms with Crippen LogP contribution in [0.2, 0.25) is 0 Å². The molecule has 0 spiro atoms. The van der Waals surface area contributed by atoms with Crippen molar-refractivity contribution in [1.29, 1.82) is 0 Å². The first kappa shape index (κ1) is 12.0. The molecule has 1 nitrogen and oxygen atoms in total. The molecule has 20 heavy (non-hydrogen) atoms. The van der Waals surface area contributed by atoms with Gasteiger partial charge in [-0.1, -0.05) is 40.2 Å². The molecule has 0 saturated heterocycles. The molecule has 0 N–H and O–H groups in total. The van der Waals surface area contributed by atoms with E-state index < -0.39 is 0 Å². The second kappa shape index (κ2) is 4.64. The van der Waals surface area contributed by atoms with Crippen LogP contribution in [-0.2, 0) is 6.42 Å².